The van der Waals surface area contributed by atoms with Crippen molar-refractivity contribution in [1.29, 1.82) is 0 Å². The summed E-state index contributed by atoms with van der Waals surface area (Å²) in [5, 5.41) is 2.97. The summed E-state index contributed by atoms with van der Waals surface area (Å²) in [7, 11) is 0. The number of carbonyl (C=O) groups is 1. The van der Waals surface area contributed by atoms with Crippen LogP contribution in [-0.4, -0.2) is 31.7 Å². The van der Waals surface area contributed by atoms with Gasteiger partial charge >= 0.3 is 0 Å². The minimum absolute atomic E-state index is 0.0481. The van der Waals surface area contributed by atoms with Crippen LogP contribution in [0.25, 0.3) is 0 Å². The highest BCUT2D eigenvalue weighted by Crippen LogP contribution is 2.16. The van der Waals surface area contributed by atoms with Crippen molar-refractivity contribution in [2.24, 2.45) is 17.6 Å². The number of amides is 1. The molecule has 0 spiro atoms. The van der Waals surface area contributed by atoms with Crippen molar-refractivity contribution >= 4 is 5.91 Å². The lowest BCUT2D eigenvalue weighted by Crippen LogP contribution is -2.42. The third-order valence-corrected chi connectivity index (χ3v) is 2.84. The molecular formula is C10H20N2O2. The van der Waals surface area contributed by atoms with Crippen LogP contribution in [0.4, 0.5) is 0 Å². The van der Waals surface area contributed by atoms with Crippen molar-refractivity contribution in [3.63, 3.8) is 0 Å². The Morgan fingerprint density at radius 1 is 1.64 bits per heavy atom. The van der Waals surface area contributed by atoms with Crippen LogP contribution >= 0.6 is 0 Å². The maximum Gasteiger partial charge on any atom is 0.224 e. The van der Waals surface area contributed by atoms with Gasteiger partial charge in [0.15, 0.2) is 0 Å². The van der Waals surface area contributed by atoms with E-state index in [1.165, 1.54) is 0 Å². The van der Waals surface area contributed by atoms with Gasteiger partial charge in [-0.2, -0.15) is 0 Å². The summed E-state index contributed by atoms with van der Waals surface area (Å²) in [6.07, 6.45) is 1.04. The van der Waals surface area contributed by atoms with Gasteiger partial charge in [-0.05, 0) is 13.3 Å². The molecule has 0 radical (unpaired) electrons. The van der Waals surface area contributed by atoms with Gasteiger partial charge < -0.3 is 15.8 Å². The molecule has 1 aliphatic heterocycles. The Morgan fingerprint density at radius 2 is 2.36 bits per heavy atom. The van der Waals surface area contributed by atoms with Gasteiger partial charge in [0.25, 0.3) is 0 Å². The molecule has 14 heavy (non-hydrogen) atoms. The van der Waals surface area contributed by atoms with Crippen molar-refractivity contribution in [1.82, 2.24) is 5.32 Å². The molecule has 0 aromatic rings. The van der Waals surface area contributed by atoms with Gasteiger partial charge in [-0.15, -0.1) is 0 Å². The van der Waals surface area contributed by atoms with Gasteiger partial charge in [0.05, 0.1) is 6.61 Å². The van der Waals surface area contributed by atoms with E-state index in [1.807, 2.05) is 13.8 Å². The van der Waals surface area contributed by atoms with Crippen LogP contribution in [0.1, 0.15) is 20.3 Å². The van der Waals surface area contributed by atoms with Crippen LogP contribution < -0.4 is 11.1 Å². The van der Waals surface area contributed by atoms with Crippen LogP contribution in [0.3, 0.4) is 0 Å². The van der Waals surface area contributed by atoms with Crippen molar-refractivity contribution in [3.8, 4) is 0 Å². The van der Waals surface area contributed by atoms with Crippen molar-refractivity contribution in [2.45, 2.75) is 26.3 Å². The molecule has 0 aliphatic carbocycles. The van der Waals surface area contributed by atoms with Gasteiger partial charge in [-0.25, -0.2) is 0 Å². The topological polar surface area (TPSA) is 64.4 Å². The molecule has 3 N–H and O–H groups in total. The number of hydrogen-bond donors (Lipinski definition) is 2. The molecule has 1 aliphatic rings. The molecule has 3 atom stereocenters. The first kappa shape index (κ1) is 11.5. The molecule has 0 aromatic carbocycles. The van der Waals surface area contributed by atoms with Gasteiger partial charge in [0, 0.05) is 31.0 Å². The monoisotopic (exact) mass is 200 g/mol. The Kier molecular flexibility index (Phi) is 4.35. The van der Waals surface area contributed by atoms with E-state index in [4.69, 9.17) is 10.5 Å². The zero-order chi connectivity index (χ0) is 10.6. The van der Waals surface area contributed by atoms with E-state index in [9.17, 15) is 4.79 Å². The predicted octanol–water partition coefficient (Wildman–Crippen LogP) is 0.122. The summed E-state index contributed by atoms with van der Waals surface area (Å²) < 4.78 is 5.27. The third-order valence-electron chi connectivity index (χ3n) is 2.84. The van der Waals surface area contributed by atoms with E-state index in [0.717, 1.165) is 19.6 Å². The number of nitrogens with two attached hydrogens (primary N) is 1. The first-order valence-electron chi connectivity index (χ1n) is 5.23. The second-order valence-corrected chi connectivity index (χ2v) is 4.06. The van der Waals surface area contributed by atoms with Crippen LogP contribution in [0, 0.1) is 11.8 Å². The minimum Gasteiger partial charge on any atom is -0.381 e. The molecule has 3 unspecified atom stereocenters. The van der Waals surface area contributed by atoms with E-state index in [1.54, 1.807) is 0 Å². The molecule has 82 valence electrons. The SMILES string of the molecule is CC(CN)C(=O)NC(C)C1CCOC1. The number of ether oxygens (including phenoxy) is 1. The molecule has 0 aromatic heterocycles. The van der Waals surface area contributed by atoms with E-state index < -0.39 is 0 Å². The fraction of sp³-hybridized carbons (Fsp3) is 0.900. The lowest BCUT2D eigenvalue weighted by molar-refractivity contribution is -0.125. The molecule has 1 amide bonds. The van der Waals surface area contributed by atoms with E-state index in [2.05, 4.69) is 5.32 Å². The molecule has 4 heteroatoms. The number of nitrogens with one attached hydrogen (secondary N) is 1. The van der Waals surface area contributed by atoms with E-state index in [0.29, 0.717) is 12.5 Å². The maximum absolute atomic E-state index is 11.5. The normalized spacial score (nSPS) is 25.8. The van der Waals surface area contributed by atoms with Gasteiger partial charge in [-0.1, -0.05) is 6.92 Å². The molecule has 1 rings (SSSR count). The fourth-order valence-corrected chi connectivity index (χ4v) is 1.54. The first-order valence-corrected chi connectivity index (χ1v) is 5.23. The average Bonchev–Trinajstić information content (AvgIpc) is 2.69. The smallest absolute Gasteiger partial charge is 0.224 e. The largest absolute Gasteiger partial charge is 0.381 e. The molecule has 4 nitrogen and oxygen atoms in total. The van der Waals surface area contributed by atoms with Gasteiger partial charge in [0.2, 0.25) is 5.91 Å². The fourth-order valence-electron chi connectivity index (χ4n) is 1.54. The Morgan fingerprint density at radius 3 is 2.86 bits per heavy atom. The zero-order valence-electron chi connectivity index (χ0n) is 8.95. The van der Waals surface area contributed by atoms with Crippen LogP contribution in [-0.2, 0) is 9.53 Å². The standard InChI is InChI=1S/C10H20N2O2/c1-7(5-11)10(13)12-8(2)9-3-4-14-6-9/h7-9H,3-6,11H2,1-2H3,(H,12,13). The van der Waals surface area contributed by atoms with Crippen molar-refractivity contribution < 1.29 is 9.53 Å². The summed E-state index contributed by atoms with van der Waals surface area (Å²) in [6, 6.07) is 0.194. The average molecular weight is 200 g/mol. The summed E-state index contributed by atoms with van der Waals surface area (Å²) in [4.78, 5) is 11.5. The summed E-state index contributed by atoms with van der Waals surface area (Å²) >= 11 is 0. The Bertz CT molecular complexity index is 191. The summed E-state index contributed by atoms with van der Waals surface area (Å²) in [5.74, 6) is 0.413. The highest BCUT2D eigenvalue weighted by molar-refractivity contribution is 5.78. The lowest BCUT2D eigenvalue weighted by Gasteiger charge is -2.21. The molecule has 1 fully saturated rings. The molecule has 1 saturated heterocycles. The second kappa shape index (κ2) is 5.32. The Labute approximate surface area is 85.2 Å². The minimum atomic E-state index is -0.0974. The maximum atomic E-state index is 11.5. The third kappa shape index (κ3) is 2.96. The predicted molar refractivity (Wildman–Crippen MR) is 54.7 cm³/mol. The van der Waals surface area contributed by atoms with E-state index in [-0.39, 0.29) is 17.9 Å². The molecular weight excluding hydrogens is 180 g/mol. The first-order chi connectivity index (χ1) is 6.65. The van der Waals surface area contributed by atoms with Crippen LogP contribution in [0.2, 0.25) is 0 Å². The summed E-state index contributed by atoms with van der Waals surface area (Å²) in [5.41, 5.74) is 5.42. The van der Waals surface area contributed by atoms with Gasteiger partial charge in [-0.3, -0.25) is 4.79 Å². The highest BCUT2D eigenvalue weighted by atomic mass is 16.5. The summed E-state index contributed by atoms with van der Waals surface area (Å²) in [6.45, 7) is 5.85. The number of rotatable bonds is 4. The number of carbonyl (C=O) groups excluding carboxylic acids is 1. The second-order valence-electron chi connectivity index (χ2n) is 4.06. The van der Waals surface area contributed by atoms with Crippen LogP contribution in [0.5, 0.6) is 0 Å². The Hall–Kier alpha value is -0.610. The molecule has 1 heterocycles. The zero-order valence-corrected chi connectivity index (χ0v) is 8.95. The molecule has 0 saturated carbocycles. The van der Waals surface area contributed by atoms with Crippen molar-refractivity contribution in [2.75, 3.05) is 19.8 Å². The van der Waals surface area contributed by atoms with Crippen molar-refractivity contribution in [3.05, 3.63) is 0 Å². The van der Waals surface area contributed by atoms with Gasteiger partial charge in [0.1, 0.15) is 0 Å². The van der Waals surface area contributed by atoms with E-state index >= 15 is 0 Å². The lowest BCUT2D eigenvalue weighted by atomic mass is 10.00. The number of hydrogen-bond acceptors (Lipinski definition) is 3. The van der Waals surface area contributed by atoms with Crippen LogP contribution in [0.15, 0.2) is 0 Å². The quantitative estimate of drug-likeness (QED) is 0.677. The Balaban J connectivity index is 2.31. The highest BCUT2D eigenvalue weighted by Gasteiger charge is 2.24. The molecule has 0 bridgehead atoms.